The molecule has 4 rings (SSSR count). The number of fused-ring (bicyclic) bond motifs is 1. The van der Waals surface area contributed by atoms with Gasteiger partial charge in [0.1, 0.15) is 23.4 Å². The quantitative estimate of drug-likeness (QED) is 0.659. The third kappa shape index (κ3) is 3.89. The molecule has 0 radical (unpaired) electrons. The summed E-state index contributed by atoms with van der Waals surface area (Å²) in [5.74, 6) is 0.921. The first kappa shape index (κ1) is 19.6. The third-order valence-corrected chi connectivity index (χ3v) is 5.20. The van der Waals surface area contributed by atoms with Gasteiger partial charge >= 0.3 is 0 Å². The normalized spacial score (nSPS) is 13.8. The van der Waals surface area contributed by atoms with Crippen LogP contribution in [0.4, 0.5) is 11.6 Å². The summed E-state index contributed by atoms with van der Waals surface area (Å²) in [6.07, 6.45) is 0. The lowest BCUT2D eigenvalue weighted by molar-refractivity contribution is -0.125. The topological polar surface area (TPSA) is 92.1 Å². The molecule has 0 fully saturated rings. The Morgan fingerprint density at radius 1 is 1.20 bits per heavy atom. The maximum absolute atomic E-state index is 12.9. The molecular weight excluding hydrogens is 380 g/mol. The number of aryl methyl sites for hydroxylation is 2. The van der Waals surface area contributed by atoms with Crippen molar-refractivity contribution in [1.29, 1.82) is 0 Å². The van der Waals surface area contributed by atoms with Crippen molar-refractivity contribution < 1.29 is 9.59 Å². The molecule has 154 valence electrons. The zero-order valence-electron chi connectivity index (χ0n) is 17.2. The van der Waals surface area contributed by atoms with Crippen molar-refractivity contribution in [2.75, 3.05) is 5.32 Å². The number of nitrogens with one attached hydrogen (secondary N) is 2. The highest BCUT2D eigenvalue weighted by Crippen LogP contribution is 2.26. The fourth-order valence-corrected chi connectivity index (χ4v) is 3.51. The summed E-state index contributed by atoms with van der Waals surface area (Å²) in [6, 6.07) is 14.7. The number of pyridine rings is 1. The van der Waals surface area contributed by atoms with Crippen LogP contribution in [0.3, 0.4) is 0 Å². The van der Waals surface area contributed by atoms with Crippen LogP contribution in [-0.2, 0) is 24.9 Å². The molecule has 0 saturated heterocycles. The van der Waals surface area contributed by atoms with Gasteiger partial charge in [0.05, 0.1) is 5.69 Å². The molecule has 3 aromatic rings. The molecule has 0 spiro atoms. The van der Waals surface area contributed by atoms with Crippen molar-refractivity contribution >= 4 is 23.5 Å². The van der Waals surface area contributed by atoms with E-state index < -0.39 is 6.04 Å². The van der Waals surface area contributed by atoms with E-state index in [9.17, 15) is 9.59 Å². The first-order valence-electron chi connectivity index (χ1n) is 9.82. The Labute approximate surface area is 174 Å². The molecule has 1 aliphatic heterocycles. The van der Waals surface area contributed by atoms with Crippen LogP contribution in [0, 0.1) is 6.92 Å². The fourth-order valence-electron chi connectivity index (χ4n) is 3.51. The van der Waals surface area contributed by atoms with E-state index in [0.29, 0.717) is 24.6 Å². The highest BCUT2D eigenvalue weighted by molar-refractivity contribution is 5.99. The Morgan fingerprint density at radius 3 is 2.67 bits per heavy atom. The molecule has 0 saturated carbocycles. The van der Waals surface area contributed by atoms with Gasteiger partial charge in [-0.1, -0.05) is 36.4 Å². The van der Waals surface area contributed by atoms with Crippen LogP contribution in [0.5, 0.6) is 0 Å². The van der Waals surface area contributed by atoms with E-state index in [1.807, 2.05) is 62.5 Å². The molecule has 3 heterocycles. The van der Waals surface area contributed by atoms with Gasteiger partial charge in [0.2, 0.25) is 5.91 Å². The van der Waals surface area contributed by atoms with Crippen LogP contribution in [-0.4, -0.2) is 37.5 Å². The maximum atomic E-state index is 12.9. The fraction of sp³-hybridized carbons (Fsp3) is 0.273. The van der Waals surface area contributed by atoms with Crippen LogP contribution in [0.2, 0.25) is 0 Å². The molecule has 8 heteroatoms. The van der Waals surface area contributed by atoms with Gasteiger partial charge in [-0.2, -0.15) is 5.10 Å². The Balaban J connectivity index is 1.44. The molecule has 2 aromatic heterocycles. The summed E-state index contributed by atoms with van der Waals surface area (Å²) in [6.45, 7) is 4.44. The summed E-state index contributed by atoms with van der Waals surface area (Å²) in [5, 5.41) is 10.4. The lowest BCUT2D eigenvalue weighted by Crippen LogP contribution is -2.45. The standard InChI is InChI=1S/C22H24N6O2/c1-14-11-19(27(3)26-14)24-18-10-9-17-13-28(22(30)20(17)25-18)15(2)21(29)23-12-16-7-5-4-6-8-16/h4-11,15H,12-13H2,1-3H3,(H,23,29)(H,24,25)/t15-/m1/s1. The number of hydrogen-bond donors (Lipinski definition) is 2. The lowest BCUT2D eigenvalue weighted by Gasteiger charge is -2.23. The second-order valence-electron chi connectivity index (χ2n) is 7.44. The van der Waals surface area contributed by atoms with E-state index in [1.165, 1.54) is 0 Å². The molecule has 0 bridgehead atoms. The third-order valence-electron chi connectivity index (χ3n) is 5.20. The van der Waals surface area contributed by atoms with Crippen LogP contribution in [0.1, 0.15) is 34.2 Å². The minimum absolute atomic E-state index is 0.191. The molecule has 8 nitrogen and oxygen atoms in total. The van der Waals surface area contributed by atoms with Gasteiger partial charge < -0.3 is 15.5 Å². The zero-order chi connectivity index (χ0) is 21.3. The van der Waals surface area contributed by atoms with Gasteiger partial charge in [-0.25, -0.2) is 4.98 Å². The number of aromatic nitrogens is 3. The van der Waals surface area contributed by atoms with Crippen molar-refractivity contribution in [2.45, 2.75) is 33.0 Å². The summed E-state index contributed by atoms with van der Waals surface area (Å²) in [7, 11) is 1.84. The number of hydrogen-bond acceptors (Lipinski definition) is 5. The Hall–Kier alpha value is -3.68. The van der Waals surface area contributed by atoms with E-state index in [1.54, 1.807) is 16.5 Å². The predicted octanol–water partition coefficient (Wildman–Crippen LogP) is 2.53. The number of carbonyl (C=O) groups excluding carboxylic acids is 2. The van der Waals surface area contributed by atoms with Gasteiger partial charge in [0, 0.05) is 31.8 Å². The lowest BCUT2D eigenvalue weighted by atomic mass is 10.2. The second kappa shape index (κ2) is 7.98. The van der Waals surface area contributed by atoms with Crippen LogP contribution < -0.4 is 10.6 Å². The average molecular weight is 404 g/mol. The Kier molecular flexibility index (Phi) is 5.22. The van der Waals surface area contributed by atoms with Gasteiger partial charge in [-0.15, -0.1) is 0 Å². The summed E-state index contributed by atoms with van der Waals surface area (Å²) in [5.41, 5.74) is 3.09. The molecule has 2 amide bonds. The number of nitrogens with zero attached hydrogens (tertiary/aromatic N) is 4. The summed E-state index contributed by atoms with van der Waals surface area (Å²) in [4.78, 5) is 31.6. The molecular formula is C22H24N6O2. The Bertz CT molecular complexity index is 1090. The number of benzene rings is 1. The average Bonchev–Trinajstić information content (AvgIpc) is 3.24. The van der Waals surface area contributed by atoms with Crippen molar-refractivity contribution in [2.24, 2.45) is 7.05 Å². The van der Waals surface area contributed by atoms with E-state index in [4.69, 9.17) is 0 Å². The number of rotatable bonds is 6. The van der Waals surface area contributed by atoms with Gasteiger partial charge in [0.15, 0.2) is 0 Å². The van der Waals surface area contributed by atoms with E-state index >= 15 is 0 Å². The minimum atomic E-state index is -0.591. The van der Waals surface area contributed by atoms with Gasteiger partial charge in [-0.3, -0.25) is 14.3 Å². The van der Waals surface area contributed by atoms with E-state index in [0.717, 1.165) is 22.6 Å². The van der Waals surface area contributed by atoms with E-state index in [2.05, 4.69) is 20.7 Å². The number of anilines is 2. The van der Waals surface area contributed by atoms with Crippen molar-refractivity contribution in [3.8, 4) is 0 Å². The minimum Gasteiger partial charge on any atom is -0.350 e. The van der Waals surface area contributed by atoms with Crippen LogP contribution in [0.25, 0.3) is 0 Å². The second-order valence-corrected chi connectivity index (χ2v) is 7.44. The first-order valence-corrected chi connectivity index (χ1v) is 9.82. The monoisotopic (exact) mass is 404 g/mol. The highest BCUT2D eigenvalue weighted by Gasteiger charge is 2.35. The molecule has 0 unspecified atom stereocenters. The van der Waals surface area contributed by atoms with E-state index in [-0.39, 0.29) is 11.8 Å². The van der Waals surface area contributed by atoms with Gasteiger partial charge in [0.25, 0.3) is 5.91 Å². The highest BCUT2D eigenvalue weighted by atomic mass is 16.2. The summed E-state index contributed by atoms with van der Waals surface area (Å²) < 4.78 is 1.72. The van der Waals surface area contributed by atoms with Gasteiger partial charge in [-0.05, 0) is 25.5 Å². The molecule has 1 aliphatic rings. The molecule has 2 N–H and O–H groups in total. The van der Waals surface area contributed by atoms with Crippen LogP contribution >= 0.6 is 0 Å². The summed E-state index contributed by atoms with van der Waals surface area (Å²) >= 11 is 0. The van der Waals surface area contributed by atoms with Crippen molar-refractivity contribution in [1.82, 2.24) is 25.0 Å². The molecule has 0 aliphatic carbocycles. The molecule has 30 heavy (non-hydrogen) atoms. The Morgan fingerprint density at radius 2 is 1.97 bits per heavy atom. The number of amides is 2. The number of carbonyl (C=O) groups is 2. The largest absolute Gasteiger partial charge is 0.350 e. The zero-order valence-corrected chi connectivity index (χ0v) is 17.2. The smallest absolute Gasteiger partial charge is 0.273 e. The molecule has 1 aromatic carbocycles. The van der Waals surface area contributed by atoms with Crippen molar-refractivity contribution in [3.63, 3.8) is 0 Å². The SMILES string of the molecule is Cc1cc(Nc2ccc3c(n2)C(=O)N([C@H](C)C(=O)NCc2ccccc2)C3)n(C)n1. The molecule has 1 atom stereocenters. The van der Waals surface area contributed by atoms with Crippen molar-refractivity contribution in [3.05, 3.63) is 71.0 Å². The predicted molar refractivity (Wildman–Crippen MR) is 113 cm³/mol. The first-order chi connectivity index (χ1) is 14.4. The van der Waals surface area contributed by atoms with Crippen LogP contribution in [0.15, 0.2) is 48.5 Å². The maximum Gasteiger partial charge on any atom is 0.273 e.